The topological polar surface area (TPSA) is 110 Å². The van der Waals surface area contributed by atoms with Gasteiger partial charge in [-0.05, 0) is 24.4 Å². The summed E-state index contributed by atoms with van der Waals surface area (Å²) in [5.74, 6) is -2.05. The molecule has 128 valence electrons. The minimum Gasteiger partial charge on any atom is -0.347 e. The van der Waals surface area contributed by atoms with Gasteiger partial charge in [0.25, 0.3) is 17.5 Å². The van der Waals surface area contributed by atoms with Gasteiger partial charge in [-0.25, -0.2) is 0 Å². The summed E-state index contributed by atoms with van der Waals surface area (Å²) >= 11 is 1.47. The van der Waals surface area contributed by atoms with Crippen LogP contribution in [0.5, 0.6) is 0 Å². The lowest BCUT2D eigenvalue weighted by Crippen LogP contribution is -2.41. The molecule has 8 nitrogen and oxygen atoms in total. The van der Waals surface area contributed by atoms with E-state index < -0.39 is 34.9 Å². The number of rotatable bonds is 5. The largest absolute Gasteiger partial charge is 0.347 e. The highest BCUT2D eigenvalue weighted by Crippen LogP contribution is 2.30. The van der Waals surface area contributed by atoms with Crippen molar-refractivity contribution in [3.63, 3.8) is 0 Å². The molecule has 3 rings (SSSR count). The maximum Gasteiger partial charge on any atom is 0.282 e. The SMILES string of the molecule is CC(NC(=O)CN1C(=O)c2cccc([N+](=O)[O-])c2C1=O)c1cccs1. The number of nitrogens with one attached hydrogen (secondary N) is 1. The van der Waals surface area contributed by atoms with E-state index in [9.17, 15) is 24.5 Å². The summed E-state index contributed by atoms with van der Waals surface area (Å²) in [4.78, 5) is 48.9. The van der Waals surface area contributed by atoms with Gasteiger partial charge in [-0.2, -0.15) is 0 Å². The Bertz CT molecular complexity index is 878. The lowest BCUT2D eigenvalue weighted by Gasteiger charge is -2.16. The van der Waals surface area contributed by atoms with Gasteiger partial charge in [0.1, 0.15) is 12.1 Å². The minimum atomic E-state index is -0.828. The molecule has 0 aliphatic carbocycles. The Labute approximate surface area is 146 Å². The lowest BCUT2D eigenvalue weighted by atomic mass is 10.1. The van der Waals surface area contributed by atoms with Crippen molar-refractivity contribution in [2.24, 2.45) is 0 Å². The van der Waals surface area contributed by atoms with Crippen molar-refractivity contribution in [1.82, 2.24) is 10.2 Å². The standard InChI is InChI=1S/C16H13N3O5S/c1-9(12-6-3-7-25-12)17-13(20)8-18-15(21)10-4-2-5-11(19(23)24)14(10)16(18)22/h2-7,9H,8H2,1H3,(H,17,20). The third-order valence-electron chi connectivity index (χ3n) is 3.82. The number of nitro groups is 1. The van der Waals surface area contributed by atoms with E-state index in [4.69, 9.17) is 0 Å². The molecule has 1 aromatic carbocycles. The second-order valence-electron chi connectivity index (χ2n) is 5.46. The molecule has 0 fully saturated rings. The van der Waals surface area contributed by atoms with E-state index in [2.05, 4.69) is 5.32 Å². The van der Waals surface area contributed by atoms with E-state index in [-0.39, 0.29) is 17.2 Å². The maximum atomic E-state index is 12.4. The Morgan fingerprint density at radius 3 is 2.68 bits per heavy atom. The second kappa shape index (κ2) is 6.44. The average molecular weight is 359 g/mol. The van der Waals surface area contributed by atoms with E-state index >= 15 is 0 Å². The molecule has 1 aliphatic heterocycles. The van der Waals surface area contributed by atoms with E-state index in [1.165, 1.54) is 23.5 Å². The number of thiophene rings is 1. The van der Waals surface area contributed by atoms with E-state index in [1.54, 1.807) is 6.92 Å². The maximum absolute atomic E-state index is 12.4. The predicted octanol–water partition coefficient (Wildman–Crippen LogP) is 2.13. The van der Waals surface area contributed by atoms with Gasteiger partial charge in [0.15, 0.2) is 0 Å². The average Bonchev–Trinajstić information content (AvgIpc) is 3.18. The molecule has 0 bridgehead atoms. The first-order valence-corrected chi connectivity index (χ1v) is 8.24. The number of hydrogen-bond donors (Lipinski definition) is 1. The number of hydrogen-bond acceptors (Lipinski definition) is 6. The molecule has 2 aromatic rings. The number of fused-ring (bicyclic) bond motifs is 1. The molecule has 0 saturated carbocycles. The number of imide groups is 1. The third kappa shape index (κ3) is 3.01. The van der Waals surface area contributed by atoms with Crippen LogP contribution in [0.3, 0.4) is 0 Å². The first-order valence-electron chi connectivity index (χ1n) is 7.36. The van der Waals surface area contributed by atoms with Crippen LogP contribution in [0.2, 0.25) is 0 Å². The highest BCUT2D eigenvalue weighted by atomic mass is 32.1. The Kier molecular flexibility index (Phi) is 4.32. The molecule has 9 heteroatoms. The van der Waals surface area contributed by atoms with Crippen molar-refractivity contribution < 1.29 is 19.3 Å². The molecular weight excluding hydrogens is 346 g/mol. The summed E-state index contributed by atoms with van der Waals surface area (Å²) in [5, 5.41) is 15.6. The fourth-order valence-electron chi connectivity index (χ4n) is 2.65. The summed E-state index contributed by atoms with van der Waals surface area (Å²) in [6, 6.07) is 7.29. The summed E-state index contributed by atoms with van der Waals surface area (Å²) in [7, 11) is 0. The summed E-state index contributed by atoms with van der Waals surface area (Å²) in [5.41, 5.74) is -0.763. The van der Waals surface area contributed by atoms with Crippen molar-refractivity contribution in [3.05, 3.63) is 61.8 Å². The van der Waals surface area contributed by atoms with Crippen LogP contribution >= 0.6 is 11.3 Å². The summed E-state index contributed by atoms with van der Waals surface area (Å²) in [6.07, 6.45) is 0. The normalized spacial score (nSPS) is 14.4. The van der Waals surface area contributed by atoms with Crippen LogP contribution < -0.4 is 5.32 Å². The monoisotopic (exact) mass is 359 g/mol. The van der Waals surface area contributed by atoms with E-state index in [1.807, 2.05) is 17.5 Å². The zero-order chi connectivity index (χ0) is 18.1. The van der Waals surface area contributed by atoms with Crippen molar-refractivity contribution in [2.75, 3.05) is 6.54 Å². The Hall–Kier alpha value is -3.07. The third-order valence-corrected chi connectivity index (χ3v) is 4.88. The number of carbonyl (C=O) groups excluding carboxylic acids is 3. The second-order valence-corrected chi connectivity index (χ2v) is 6.44. The van der Waals surface area contributed by atoms with Crippen molar-refractivity contribution >= 4 is 34.7 Å². The van der Waals surface area contributed by atoms with Gasteiger partial charge in [-0.1, -0.05) is 12.1 Å². The molecule has 25 heavy (non-hydrogen) atoms. The van der Waals surface area contributed by atoms with Crippen molar-refractivity contribution in [2.45, 2.75) is 13.0 Å². The molecular formula is C16H13N3O5S. The van der Waals surface area contributed by atoms with E-state index in [0.717, 1.165) is 15.8 Å². The van der Waals surface area contributed by atoms with Gasteiger partial charge in [-0.15, -0.1) is 11.3 Å². The fourth-order valence-corrected chi connectivity index (χ4v) is 3.39. The quantitative estimate of drug-likeness (QED) is 0.500. The Morgan fingerprint density at radius 2 is 2.04 bits per heavy atom. The van der Waals surface area contributed by atoms with Crippen molar-refractivity contribution in [1.29, 1.82) is 0 Å². The molecule has 1 aliphatic rings. The number of amides is 3. The van der Waals surface area contributed by atoms with Crippen LogP contribution in [0.25, 0.3) is 0 Å². The highest BCUT2D eigenvalue weighted by molar-refractivity contribution is 7.10. The summed E-state index contributed by atoms with van der Waals surface area (Å²) in [6.45, 7) is 1.30. The molecule has 2 heterocycles. The molecule has 1 unspecified atom stereocenters. The van der Waals surface area contributed by atoms with Crippen LogP contribution in [-0.4, -0.2) is 34.1 Å². The zero-order valence-corrected chi connectivity index (χ0v) is 13.9. The van der Waals surface area contributed by atoms with Gasteiger partial charge < -0.3 is 5.32 Å². The van der Waals surface area contributed by atoms with Crippen molar-refractivity contribution in [3.8, 4) is 0 Å². The highest BCUT2D eigenvalue weighted by Gasteiger charge is 2.41. The molecule has 0 saturated heterocycles. The smallest absolute Gasteiger partial charge is 0.282 e. The molecule has 1 N–H and O–H groups in total. The molecule has 0 radical (unpaired) electrons. The van der Waals surface area contributed by atoms with Gasteiger partial charge >= 0.3 is 0 Å². The minimum absolute atomic E-state index is 0.0571. The van der Waals surface area contributed by atoms with E-state index in [0.29, 0.717) is 0 Å². The number of carbonyl (C=O) groups is 3. The summed E-state index contributed by atoms with van der Waals surface area (Å²) < 4.78 is 0. The van der Waals surface area contributed by atoms with Crippen LogP contribution in [0.15, 0.2) is 35.7 Å². The van der Waals surface area contributed by atoms with Crippen LogP contribution in [0.1, 0.15) is 38.6 Å². The van der Waals surface area contributed by atoms with Gasteiger partial charge in [0.2, 0.25) is 5.91 Å². The first kappa shape index (κ1) is 16.8. The van der Waals surface area contributed by atoms with Crippen LogP contribution in [-0.2, 0) is 4.79 Å². The number of nitro benzene ring substituents is 1. The Morgan fingerprint density at radius 1 is 1.28 bits per heavy atom. The van der Waals surface area contributed by atoms with Gasteiger partial charge in [0, 0.05) is 10.9 Å². The fraction of sp³-hybridized carbons (Fsp3) is 0.188. The van der Waals surface area contributed by atoms with Crippen LogP contribution in [0, 0.1) is 10.1 Å². The first-order chi connectivity index (χ1) is 11.9. The molecule has 1 aromatic heterocycles. The molecule has 1 atom stereocenters. The molecule has 0 spiro atoms. The van der Waals surface area contributed by atoms with Gasteiger partial charge in [0.05, 0.1) is 16.5 Å². The number of benzene rings is 1. The number of nitrogens with zero attached hydrogens (tertiary/aromatic N) is 2. The predicted molar refractivity (Wildman–Crippen MR) is 89.3 cm³/mol. The zero-order valence-electron chi connectivity index (χ0n) is 13.1. The molecule has 3 amide bonds. The lowest BCUT2D eigenvalue weighted by molar-refractivity contribution is -0.385. The Balaban J connectivity index is 1.77. The van der Waals surface area contributed by atoms with Gasteiger partial charge in [-0.3, -0.25) is 29.4 Å². The van der Waals surface area contributed by atoms with Crippen LogP contribution in [0.4, 0.5) is 5.69 Å².